The van der Waals surface area contributed by atoms with Gasteiger partial charge in [0.25, 0.3) is 0 Å². The minimum absolute atomic E-state index is 0.0257. The zero-order chi connectivity index (χ0) is 26.8. The molecule has 37 heavy (non-hydrogen) atoms. The molecule has 2 N–H and O–H groups in total. The van der Waals surface area contributed by atoms with Crippen LogP contribution in [-0.2, 0) is 19.1 Å². The smallest absolute Gasteiger partial charge is 0.328 e. The van der Waals surface area contributed by atoms with Crippen molar-refractivity contribution in [1.82, 2.24) is 10.6 Å². The fourth-order valence-electron chi connectivity index (χ4n) is 4.85. The molecular formula is C31H40N2O4. The normalized spacial score (nSPS) is 13.3. The van der Waals surface area contributed by atoms with Crippen LogP contribution in [0.3, 0.4) is 0 Å². The maximum atomic E-state index is 12.9. The standard InChI is InChI=1S/C31H40N2O4/c1-5-20-37-30(36)27(16-10-11-19-32-29(35)21-31(2,3)4)33-28(34)18-17-26-24-14-8-6-12-22(24)23-13-7-9-15-25(23)26/h5-9,12-15,26-27H,1,10-11,16-21H2,2-4H3,(H,32,35)(H,33,34). The van der Waals surface area contributed by atoms with Crippen LogP contribution in [-0.4, -0.2) is 37.0 Å². The Hall–Kier alpha value is -3.41. The maximum Gasteiger partial charge on any atom is 0.328 e. The van der Waals surface area contributed by atoms with Gasteiger partial charge in [-0.05, 0) is 53.4 Å². The third-order valence-corrected chi connectivity index (χ3v) is 6.52. The summed E-state index contributed by atoms with van der Waals surface area (Å²) in [5, 5.41) is 5.82. The number of nitrogens with one attached hydrogen (secondary N) is 2. The van der Waals surface area contributed by atoms with Crippen molar-refractivity contribution >= 4 is 17.8 Å². The highest BCUT2D eigenvalue weighted by atomic mass is 16.5. The Morgan fingerprint density at radius 2 is 1.59 bits per heavy atom. The van der Waals surface area contributed by atoms with E-state index in [1.165, 1.54) is 28.3 Å². The zero-order valence-electron chi connectivity index (χ0n) is 22.3. The van der Waals surface area contributed by atoms with Crippen LogP contribution in [0.5, 0.6) is 0 Å². The summed E-state index contributed by atoms with van der Waals surface area (Å²) in [6, 6.07) is 16.0. The Balaban J connectivity index is 1.52. The predicted octanol–water partition coefficient (Wildman–Crippen LogP) is 5.52. The molecular weight excluding hydrogens is 464 g/mol. The molecule has 0 saturated carbocycles. The van der Waals surface area contributed by atoms with E-state index in [9.17, 15) is 14.4 Å². The number of fused-ring (bicyclic) bond motifs is 3. The van der Waals surface area contributed by atoms with Gasteiger partial charge in [0.15, 0.2) is 0 Å². The molecule has 0 aliphatic heterocycles. The second-order valence-electron chi connectivity index (χ2n) is 10.9. The summed E-state index contributed by atoms with van der Waals surface area (Å²) in [6.45, 7) is 10.3. The molecule has 2 amide bonds. The topological polar surface area (TPSA) is 84.5 Å². The molecule has 0 heterocycles. The summed E-state index contributed by atoms with van der Waals surface area (Å²) >= 11 is 0. The highest BCUT2D eigenvalue weighted by molar-refractivity contribution is 5.85. The molecule has 1 atom stereocenters. The lowest BCUT2D eigenvalue weighted by Gasteiger charge is -2.19. The Bertz CT molecular complexity index is 1060. The molecule has 6 heteroatoms. The average Bonchev–Trinajstić information content (AvgIpc) is 3.17. The van der Waals surface area contributed by atoms with Gasteiger partial charge in [-0.3, -0.25) is 9.59 Å². The van der Waals surface area contributed by atoms with E-state index in [4.69, 9.17) is 4.74 Å². The lowest BCUT2D eigenvalue weighted by molar-refractivity contribution is -0.147. The van der Waals surface area contributed by atoms with Crippen molar-refractivity contribution < 1.29 is 19.1 Å². The Kier molecular flexibility index (Phi) is 10.1. The maximum absolute atomic E-state index is 12.9. The zero-order valence-corrected chi connectivity index (χ0v) is 22.3. The first-order valence-electron chi connectivity index (χ1n) is 13.2. The summed E-state index contributed by atoms with van der Waals surface area (Å²) in [5.74, 6) is -0.443. The first-order valence-corrected chi connectivity index (χ1v) is 13.2. The van der Waals surface area contributed by atoms with Crippen LogP contribution in [0.1, 0.15) is 76.3 Å². The molecule has 6 nitrogen and oxygen atoms in total. The Labute approximate surface area is 220 Å². The highest BCUT2D eigenvalue weighted by Gasteiger charge is 2.29. The third kappa shape index (κ3) is 8.31. The number of esters is 1. The largest absolute Gasteiger partial charge is 0.460 e. The van der Waals surface area contributed by atoms with Crippen molar-refractivity contribution in [2.45, 2.75) is 71.3 Å². The van der Waals surface area contributed by atoms with Gasteiger partial charge in [0.1, 0.15) is 12.6 Å². The molecule has 0 bridgehead atoms. The monoisotopic (exact) mass is 504 g/mol. The van der Waals surface area contributed by atoms with E-state index in [0.29, 0.717) is 45.1 Å². The van der Waals surface area contributed by atoms with Gasteiger partial charge in [-0.25, -0.2) is 4.79 Å². The minimum atomic E-state index is -0.721. The SMILES string of the molecule is C=CCOC(=O)C(CCCCNC(=O)CC(C)(C)C)NC(=O)CCC1c2ccccc2-c2ccccc21. The molecule has 1 aliphatic carbocycles. The first-order chi connectivity index (χ1) is 17.7. The molecule has 0 fully saturated rings. The van der Waals surface area contributed by atoms with E-state index in [1.54, 1.807) is 0 Å². The van der Waals surface area contributed by atoms with Crippen LogP contribution >= 0.6 is 0 Å². The second kappa shape index (κ2) is 13.2. The van der Waals surface area contributed by atoms with Gasteiger partial charge < -0.3 is 15.4 Å². The van der Waals surface area contributed by atoms with Crippen molar-refractivity contribution in [3.8, 4) is 11.1 Å². The molecule has 1 aliphatic rings. The molecule has 198 valence electrons. The number of benzene rings is 2. The summed E-state index contributed by atoms with van der Waals surface area (Å²) in [4.78, 5) is 37.5. The number of ether oxygens (including phenoxy) is 1. The van der Waals surface area contributed by atoms with E-state index < -0.39 is 12.0 Å². The lowest BCUT2D eigenvalue weighted by Crippen LogP contribution is -2.42. The quantitative estimate of drug-likeness (QED) is 0.214. The average molecular weight is 505 g/mol. The molecule has 2 aromatic rings. The molecule has 0 saturated heterocycles. The van der Waals surface area contributed by atoms with Crippen molar-refractivity contribution in [2.24, 2.45) is 5.41 Å². The number of unbranched alkanes of at least 4 members (excludes halogenated alkanes) is 1. The summed E-state index contributed by atoms with van der Waals surface area (Å²) < 4.78 is 5.23. The van der Waals surface area contributed by atoms with Crippen molar-refractivity contribution in [1.29, 1.82) is 0 Å². The van der Waals surface area contributed by atoms with Crippen LogP contribution in [0.4, 0.5) is 0 Å². The molecule has 3 rings (SSSR count). The van der Waals surface area contributed by atoms with Gasteiger partial charge in [0.05, 0.1) is 0 Å². The number of amides is 2. The van der Waals surface area contributed by atoms with E-state index in [1.807, 2.05) is 45.0 Å². The summed E-state index contributed by atoms with van der Waals surface area (Å²) in [6.07, 6.45) is 4.79. The van der Waals surface area contributed by atoms with Crippen LogP contribution in [0, 0.1) is 5.41 Å². The lowest BCUT2D eigenvalue weighted by atomic mass is 9.92. The number of hydrogen-bond donors (Lipinski definition) is 2. The van der Waals surface area contributed by atoms with E-state index in [0.717, 1.165) is 0 Å². The van der Waals surface area contributed by atoms with Crippen molar-refractivity contribution in [3.63, 3.8) is 0 Å². The van der Waals surface area contributed by atoms with Crippen LogP contribution in [0.25, 0.3) is 11.1 Å². The van der Waals surface area contributed by atoms with Crippen LogP contribution in [0.2, 0.25) is 0 Å². The van der Waals surface area contributed by atoms with Crippen molar-refractivity contribution in [2.75, 3.05) is 13.2 Å². The highest BCUT2D eigenvalue weighted by Crippen LogP contribution is 2.46. The van der Waals surface area contributed by atoms with E-state index in [2.05, 4.69) is 41.5 Å². The van der Waals surface area contributed by atoms with Gasteiger partial charge in [0, 0.05) is 25.3 Å². The molecule has 2 aromatic carbocycles. The molecule has 0 aromatic heterocycles. The fourth-order valence-corrected chi connectivity index (χ4v) is 4.85. The van der Waals surface area contributed by atoms with E-state index in [-0.39, 0.29) is 29.8 Å². The first kappa shape index (κ1) is 28.2. The number of rotatable bonds is 13. The Morgan fingerprint density at radius 1 is 0.973 bits per heavy atom. The summed E-state index contributed by atoms with van der Waals surface area (Å²) in [7, 11) is 0. The van der Waals surface area contributed by atoms with Gasteiger partial charge in [-0.1, -0.05) is 82.0 Å². The molecule has 0 spiro atoms. The van der Waals surface area contributed by atoms with Gasteiger partial charge in [0.2, 0.25) is 11.8 Å². The van der Waals surface area contributed by atoms with Crippen LogP contribution in [0.15, 0.2) is 61.2 Å². The van der Waals surface area contributed by atoms with Crippen molar-refractivity contribution in [3.05, 3.63) is 72.3 Å². The molecule has 0 radical (unpaired) electrons. The summed E-state index contributed by atoms with van der Waals surface area (Å²) in [5.41, 5.74) is 4.88. The van der Waals surface area contributed by atoms with Gasteiger partial charge >= 0.3 is 5.97 Å². The second-order valence-corrected chi connectivity index (χ2v) is 10.9. The van der Waals surface area contributed by atoms with E-state index >= 15 is 0 Å². The van der Waals surface area contributed by atoms with Crippen LogP contribution < -0.4 is 10.6 Å². The van der Waals surface area contributed by atoms with Gasteiger partial charge in [-0.2, -0.15) is 0 Å². The fraction of sp³-hybridized carbons (Fsp3) is 0.452. The number of carbonyl (C=O) groups excluding carboxylic acids is 3. The third-order valence-electron chi connectivity index (χ3n) is 6.52. The minimum Gasteiger partial charge on any atom is -0.460 e. The predicted molar refractivity (Wildman–Crippen MR) is 147 cm³/mol. The van der Waals surface area contributed by atoms with Gasteiger partial charge in [-0.15, -0.1) is 0 Å². The number of carbonyl (C=O) groups is 3. The molecule has 1 unspecified atom stereocenters. The Morgan fingerprint density at radius 3 is 2.19 bits per heavy atom. The number of hydrogen-bond acceptors (Lipinski definition) is 4.